The number of rotatable bonds is 56. The second kappa shape index (κ2) is 54.8. The molecule has 0 aliphatic rings. The number of carbonyl (C=O) groups is 2. The van der Waals surface area contributed by atoms with Crippen LogP contribution >= 0.6 is 7.82 Å². The molecule has 75 heavy (non-hydrogen) atoms. The Morgan fingerprint density at radius 3 is 1.24 bits per heavy atom. The van der Waals surface area contributed by atoms with E-state index in [4.69, 9.17) is 13.8 Å². The number of amides is 1. The first kappa shape index (κ1) is 72.5. The van der Waals surface area contributed by atoms with E-state index >= 15 is 0 Å². The molecule has 436 valence electrons. The maximum Gasteiger partial charge on any atom is 0.306 e. The van der Waals surface area contributed by atoms with Crippen LogP contribution in [0.2, 0.25) is 0 Å². The van der Waals surface area contributed by atoms with E-state index in [2.05, 4.69) is 86.8 Å². The second-order valence-electron chi connectivity index (χ2n) is 22.2. The number of ether oxygens (including phenoxy) is 1. The molecular formula is C65H119N2O7P. The van der Waals surface area contributed by atoms with Crippen LogP contribution in [0.5, 0.6) is 0 Å². The zero-order chi connectivity index (χ0) is 55.0. The number of hydrogen-bond donors (Lipinski definition) is 1. The summed E-state index contributed by atoms with van der Waals surface area (Å²) < 4.78 is 30.3. The van der Waals surface area contributed by atoms with Crippen LogP contribution in [-0.2, 0) is 27.9 Å². The first-order valence-electron chi connectivity index (χ1n) is 31.2. The molecular weight excluding hydrogens is 952 g/mol. The Morgan fingerprint density at radius 1 is 0.467 bits per heavy atom. The van der Waals surface area contributed by atoms with E-state index in [-0.39, 0.29) is 24.9 Å². The number of unbranched alkanes of at least 4 members (excludes halogenated alkanes) is 30. The van der Waals surface area contributed by atoms with Crippen LogP contribution in [0.3, 0.4) is 0 Å². The Kier molecular flexibility index (Phi) is 52.9. The molecule has 0 aliphatic heterocycles. The van der Waals surface area contributed by atoms with Crippen molar-refractivity contribution in [2.75, 3.05) is 40.9 Å². The fraction of sp³-hybridized carbons (Fsp3) is 0.785. The molecule has 0 rings (SSSR count). The summed E-state index contributed by atoms with van der Waals surface area (Å²) >= 11 is 0. The van der Waals surface area contributed by atoms with Gasteiger partial charge in [0.1, 0.15) is 19.3 Å². The molecule has 0 fully saturated rings. The third kappa shape index (κ3) is 56.0. The van der Waals surface area contributed by atoms with Crippen molar-refractivity contribution in [3.63, 3.8) is 0 Å². The average molecular weight is 1070 g/mol. The zero-order valence-corrected chi connectivity index (χ0v) is 50.6. The van der Waals surface area contributed by atoms with Crippen LogP contribution < -0.4 is 10.2 Å². The lowest BCUT2D eigenvalue weighted by molar-refractivity contribution is -0.870. The number of nitrogens with one attached hydrogen (secondary N) is 1. The van der Waals surface area contributed by atoms with Gasteiger partial charge < -0.3 is 28.5 Å². The number of phosphoric acid groups is 1. The summed E-state index contributed by atoms with van der Waals surface area (Å²) in [6, 6.07) is -0.898. The molecule has 3 atom stereocenters. The molecule has 1 amide bonds. The van der Waals surface area contributed by atoms with Gasteiger partial charge in [0.2, 0.25) is 5.91 Å². The number of allylic oxidation sites excluding steroid dienone is 11. The van der Waals surface area contributed by atoms with Gasteiger partial charge in [0.05, 0.1) is 33.8 Å². The van der Waals surface area contributed by atoms with Crippen LogP contribution in [0.4, 0.5) is 0 Å². The van der Waals surface area contributed by atoms with Crippen molar-refractivity contribution < 1.29 is 37.3 Å². The summed E-state index contributed by atoms with van der Waals surface area (Å²) in [7, 11) is 1.17. The Labute approximate surface area is 463 Å². The van der Waals surface area contributed by atoms with Crippen molar-refractivity contribution in [1.29, 1.82) is 0 Å². The molecule has 0 aromatic rings. The van der Waals surface area contributed by atoms with E-state index in [1.807, 2.05) is 33.3 Å². The fourth-order valence-electron chi connectivity index (χ4n) is 8.74. The lowest BCUT2D eigenvalue weighted by Crippen LogP contribution is -2.47. The summed E-state index contributed by atoms with van der Waals surface area (Å²) in [6.45, 7) is 6.78. The monoisotopic (exact) mass is 1070 g/mol. The van der Waals surface area contributed by atoms with E-state index < -0.39 is 26.6 Å². The van der Waals surface area contributed by atoms with Crippen molar-refractivity contribution in [1.82, 2.24) is 5.32 Å². The molecule has 0 aromatic heterocycles. The number of nitrogens with zero attached hydrogens (tertiary/aromatic N) is 1. The van der Waals surface area contributed by atoms with E-state index in [0.717, 1.165) is 103 Å². The quantitative estimate of drug-likeness (QED) is 0.0212. The molecule has 10 heteroatoms. The van der Waals surface area contributed by atoms with Gasteiger partial charge in [-0.05, 0) is 102 Å². The summed E-state index contributed by atoms with van der Waals surface area (Å²) in [5.74, 6) is -0.557. The highest BCUT2D eigenvalue weighted by Gasteiger charge is 2.27. The van der Waals surface area contributed by atoms with Crippen molar-refractivity contribution in [2.24, 2.45) is 0 Å². The van der Waals surface area contributed by atoms with Gasteiger partial charge in [-0.15, -0.1) is 0 Å². The molecule has 0 bridgehead atoms. The van der Waals surface area contributed by atoms with E-state index in [1.54, 1.807) is 0 Å². The standard InChI is InChI=1S/C65H119N2O7P/c1-7-10-13-16-19-22-25-27-29-31-32-33-34-36-37-39-42-45-48-51-54-57-64(68)66-62(61-73-75(70,71)72-60-59-67(4,5)6)63(56-53-50-47-44-41-24-21-18-15-12-9-3)74-65(69)58-55-52-49-46-43-40-38-35-30-28-26-23-20-17-14-11-8-2/h19-20,22-23,27-30,32-33,53,56,62-63H,7-18,21,24-26,31,34-52,54-55,57-61H2,1-6H3,(H-,66,68,70,71)/b22-19-,23-20-,29-27-,30-28-,33-32-,56-53-. The molecule has 0 spiro atoms. The zero-order valence-electron chi connectivity index (χ0n) is 49.7. The minimum Gasteiger partial charge on any atom is -0.756 e. The maximum atomic E-state index is 13.5. The summed E-state index contributed by atoms with van der Waals surface area (Å²) in [4.78, 5) is 40.0. The second-order valence-corrected chi connectivity index (χ2v) is 23.6. The van der Waals surface area contributed by atoms with Crippen LogP contribution in [0.25, 0.3) is 0 Å². The molecule has 0 saturated heterocycles. The first-order valence-corrected chi connectivity index (χ1v) is 32.7. The number of carbonyl (C=O) groups excluding carboxylic acids is 2. The van der Waals surface area contributed by atoms with Crippen LogP contribution in [-0.4, -0.2) is 69.4 Å². The maximum absolute atomic E-state index is 13.5. The van der Waals surface area contributed by atoms with Crippen molar-refractivity contribution in [3.8, 4) is 0 Å². The van der Waals surface area contributed by atoms with E-state index in [9.17, 15) is 19.0 Å². The highest BCUT2D eigenvalue weighted by Crippen LogP contribution is 2.38. The van der Waals surface area contributed by atoms with Gasteiger partial charge in [0.25, 0.3) is 7.82 Å². The Hall–Kier alpha value is -2.55. The molecule has 0 aromatic carbocycles. The summed E-state index contributed by atoms with van der Waals surface area (Å²) in [5.41, 5.74) is 0. The number of phosphoric ester groups is 1. The molecule has 0 heterocycles. The van der Waals surface area contributed by atoms with E-state index in [1.165, 1.54) is 141 Å². The summed E-state index contributed by atoms with van der Waals surface area (Å²) in [6.07, 6.45) is 70.0. The fourth-order valence-corrected chi connectivity index (χ4v) is 9.46. The van der Waals surface area contributed by atoms with Crippen LogP contribution in [0.15, 0.2) is 72.9 Å². The number of likely N-dealkylation sites (N-methyl/N-ethyl adjacent to an activating group) is 1. The molecule has 0 aliphatic carbocycles. The first-order chi connectivity index (χ1) is 36.4. The van der Waals surface area contributed by atoms with Gasteiger partial charge in [0, 0.05) is 12.8 Å². The average Bonchev–Trinajstić information content (AvgIpc) is 3.37. The minimum atomic E-state index is -4.70. The Balaban J connectivity index is 5.23. The Bertz CT molecular complexity index is 1510. The third-order valence-electron chi connectivity index (χ3n) is 13.6. The van der Waals surface area contributed by atoms with Crippen molar-refractivity contribution in [3.05, 3.63) is 72.9 Å². The lowest BCUT2D eigenvalue weighted by Gasteiger charge is -2.30. The molecule has 0 saturated carbocycles. The van der Waals surface area contributed by atoms with Crippen molar-refractivity contribution in [2.45, 2.75) is 290 Å². The molecule has 9 nitrogen and oxygen atoms in total. The molecule has 1 N–H and O–H groups in total. The molecule has 0 radical (unpaired) electrons. The summed E-state index contributed by atoms with van der Waals surface area (Å²) in [5, 5.41) is 3.02. The molecule has 3 unspecified atom stereocenters. The number of esters is 1. The largest absolute Gasteiger partial charge is 0.756 e. The van der Waals surface area contributed by atoms with E-state index in [0.29, 0.717) is 17.4 Å². The van der Waals surface area contributed by atoms with Gasteiger partial charge in [0.15, 0.2) is 0 Å². The topological polar surface area (TPSA) is 114 Å². The third-order valence-corrected chi connectivity index (χ3v) is 14.6. The van der Waals surface area contributed by atoms with Gasteiger partial charge in [-0.1, -0.05) is 235 Å². The lowest BCUT2D eigenvalue weighted by atomic mass is 10.0. The van der Waals surface area contributed by atoms with Crippen molar-refractivity contribution >= 4 is 19.7 Å². The smallest absolute Gasteiger partial charge is 0.306 e. The Morgan fingerprint density at radius 2 is 0.813 bits per heavy atom. The van der Waals surface area contributed by atoms with Crippen LogP contribution in [0.1, 0.15) is 278 Å². The highest BCUT2D eigenvalue weighted by atomic mass is 31.2. The number of hydrogen-bond acceptors (Lipinski definition) is 7. The van der Waals surface area contributed by atoms with Gasteiger partial charge in [-0.2, -0.15) is 0 Å². The van der Waals surface area contributed by atoms with Gasteiger partial charge >= 0.3 is 5.97 Å². The minimum absolute atomic E-state index is 0.0274. The normalized spacial score (nSPS) is 14.2. The predicted molar refractivity (Wildman–Crippen MR) is 321 cm³/mol. The van der Waals surface area contributed by atoms with Crippen LogP contribution in [0, 0.1) is 0 Å². The van der Waals surface area contributed by atoms with Gasteiger partial charge in [-0.3, -0.25) is 14.2 Å². The number of quaternary nitrogens is 1. The SMILES string of the molecule is CCCCC/C=C\C/C=C\C/C=C\CCCCCCCCCCC(=O)NC(COP(=O)([O-])OCC[N+](C)(C)C)C(/C=C\CCCCCCCCCCC)OC(=O)CCCCCCCCC/C=C\C/C=C\CCCCC. The predicted octanol–water partition coefficient (Wildman–Crippen LogP) is 18.6. The highest BCUT2D eigenvalue weighted by molar-refractivity contribution is 7.45. The van der Waals surface area contributed by atoms with Gasteiger partial charge in [-0.25, -0.2) is 0 Å².